The monoisotopic (exact) mass is 454 g/mol. The van der Waals surface area contributed by atoms with Crippen LogP contribution in [0.2, 0.25) is 0 Å². The minimum absolute atomic E-state index is 0. The average molecular weight is 454 g/mol. The molecule has 4 heterocycles. The zero-order valence-corrected chi connectivity index (χ0v) is 19.9. The van der Waals surface area contributed by atoms with E-state index in [1.165, 1.54) is 12.4 Å². The van der Waals surface area contributed by atoms with Crippen LogP contribution >= 0.6 is 0 Å². The number of aromatic nitrogens is 4. The van der Waals surface area contributed by atoms with Crippen molar-refractivity contribution in [2.45, 2.75) is 6.92 Å². The number of hydrogen-bond acceptors (Lipinski definition) is 8. The molecule has 0 saturated heterocycles. The van der Waals surface area contributed by atoms with E-state index >= 15 is 0 Å². The summed E-state index contributed by atoms with van der Waals surface area (Å²) in [5, 5.41) is 22.6. The molecule has 0 bridgehead atoms. The Bertz CT molecular complexity index is 1100. The average Bonchev–Trinajstić information content (AvgIpc) is 3.44. The number of aromatic carboxylic acids is 1. The van der Waals surface area contributed by atoms with Gasteiger partial charge in [-0.25, -0.2) is 19.6 Å². The number of aliphatic hydroxyl groups excluding tert-OH is 1. The fourth-order valence-corrected chi connectivity index (χ4v) is 2.31. The van der Waals surface area contributed by atoms with Gasteiger partial charge in [0.15, 0.2) is 11.4 Å². The van der Waals surface area contributed by atoms with Gasteiger partial charge < -0.3 is 40.4 Å². The van der Waals surface area contributed by atoms with Gasteiger partial charge in [0.25, 0.3) is 0 Å². The van der Waals surface area contributed by atoms with E-state index in [1.54, 1.807) is 23.7 Å². The number of nitrogens with zero attached hydrogens (tertiary/aromatic N) is 5. The molecular formula is C19H23N6NaO6. The van der Waals surface area contributed by atoms with Crippen LogP contribution in [0.15, 0.2) is 61.4 Å². The largest absolute Gasteiger partial charge is 1.00 e. The van der Waals surface area contributed by atoms with Crippen LogP contribution in [0.5, 0.6) is 0 Å². The van der Waals surface area contributed by atoms with Crippen molar-refractivity contribution in [3.05, 3.63) is 78.4 Å². The second-order valence-corrected chi connectivity index (χ2v) is 5.37. The van der Waals surface area contributed by atoms with Gasteiger partial charge in [0, 0.05) is 30.5 Å². The molecule has 12 nitrogen and oxygen atoms in total. The molecule has 4 rings (SSSR count). The Morgan fingerprint density at radius 3 is 1.91 bits per heavy atom. The topological polar surface area (TPSA) is 179 Å². The maximum absolute atomic E-state index is 11.3. The summed E-state index contributed by atoms with van der Waals surface area (Å²) >= 11 is 0. The summed E-state index contributed by atoms with van der Waals surface area (Å²) in [6, 6.07) is 10.7. The number of hydrogen-bond donors (Lipinski definition) is 4. The van der Waals surface area contributed by atoms with Gasteiger partial charge in [-0.05, 0) is 43.3 Å². The molecule has 0 amide bonds. The van der Waals surface area contributed by atoms with Crippen LogP contribution in [0.3, 0.4) is 0 Å². The fraction of sp³-hybridized carbons (Fsp3) is 0.158. The molecular weight excluding hydrogens is 431 g/mol. The van der Waals surface area contributed by atoms with Gasteiger partial charge in [0.05, 0.1) is 6.61 Å². The number of esters is 1. The van der Waals surface area contributed by atoms with E-state index in [2.05, 4.69) is 15.8 Å². The molecule has 0 fully saturated rings. The van der Waals surface area contributed by atoms with Gasteiger partial charge in [-0.15, -0.1) is 0 Å². The molecule has 0 unspecified atom stereocenters. The standard InChI is InChI=1S/C10H10N2O2.C8H6N2O2.CH4O.H3N2O.Na/c1-2-14-10(13)9-6-8-4-3-5-12(8)7-11-9;11-8(12)7-4-6-2-1-3-10(6)5-9-7;1-2;1-2-3;/h3-7H,2H2,1H3;1-5H,(H,11,12);2H,1H3;3H,1H2;/q;;;-1;+1. The number of carbonyl (C=O) groups is 2. The van der Waals surface area contributed by atoms with E-state index in [9.17, 15) is 9.59 Å². The van der Waals surface area contributed by atoms with E-state index in [0.717, 1.165) is 18.1 Å². The summed E-state index contributed by atoms with van der Waals surface area (Å²) in [6.45, 7) is 2.14. The van der Waals surface area contributed by atoms with Crippen molar-refractivity contribution in [1.29, 1.82) is 0 Å². The minimum atomic E-state index is -1.00. The van der Waals surface area contributed by atoms with Crippen LogP contribution in [-0.2, 0) is 4.74 Å². The molecule has 0 aliphatic carbocycles. The first-order chi connectivity index (χ1) is 15.0. The molecule has 0 atom stereocenters. The maximum Gasteiger partial charge on any atom is 1.00 e. The second-order valence-electron chi connectivity index (χ2n) is 5.37. The van der Waals surface area contributed by atoms with Crippen LogP contribution in [0, 0.1) is 0 Å². The molecule has 0 aliphatic heterocycles. The second kappa shape index (κ2) is 15.9. The Morgan fingerprint density at radius 2 is 1.47 bits per heavy atom. The minimum Gasteiger partial charge on any atom is -0.488 e. The number of aliphatic hydroxyl groups is 1. The number of carboxylic acids is 1. The molecule has 0 aliphatic rings. The molecule has 5 N–H and O–H groups in total. The number of fused-ring (bicyclic) bond motifs is 2. The van der Waals surface area contributed by atoms with Crippen molar-refractivity contribution in [3.8, 4) is 0 Å². The van der Waals surface area contributed by atoms with Gasteiger partial charge in [-0.1, -0.05) is 0 Å². The summed E-state index contributed by atoms with van der Waals surface area (Å²) in [5.41, 5.74) is 4.18. The molecule has 4 aromatic rings. The van der Waals surface area contributed by atoms with Crippen LogP contribution in [0.1, 0.15) is 27.9 Å². The Morgan fingerprint density at radius 1 is 1.03 bits per heavy atom. The molecule has 4 aromatic heterocycles. The normalized spacial score (nSPS) is 9.16. The molecule has 0 radical (unpaired) electrons. The summed E-state index contributed by atoms with van der Waals surface area (Å²) in [6.07, 6.45) is 6.77. The van der Waals surface area contributed by atoms with Gasteiger partial charge in [0.1, 0.15) is 12.7 Å². The number of nitrogens with two attached hydrogens (primary N) is 1. The smallest absolute Gasteiger partial charge is 0.488 e. The Hall–Kier alpha value is -2.84. The van der Waals surface area contributed by atoms with E-state index in [4.69, 9.17) is 20.2 Å². The molecule has 0 spiro atoms. The van der Waals surface area contributed by atoms with Crippen LogP contribution < -0.4 is 35.4 Å². The Balaban J connectivity index is 0.000000492. The summed E-state index contributed by atoms with van der Waals surface area (Å²) in [5.74, 6) is 2.65. The molecule has 166 valence electrons. The summed E-state index contributed by atoms with van der Waals surface area (Å²) in [4.78, 5) is 29.5. The quantitative estimate of drug-likeness (QED) is 0.128. The van der Waals surface area contributed by atoms with E-state index in [1.807, 2.05) is 46.6 Å². The van der Waals surface area contributed by atoms with Crippen molar-refractivity contribution in [3.63, 3.8) is 0 Å². The summed E-state index contributed by atoms with van der Waals surface area (Å²) < 4.78 is 8.44. The van der Waals surface area contributed by atoms with Crippen LogP contribution in [0.25, 0.3) is 16.6 Å². The molecule has 13 heteroatoms. The van der Waals surface area contributed by atoms with Gasteiger partial charge in [-0.3, -0.25) is 0 Å². The van der Waals surface area contributed by atoms with Crippen LogP contribution in [0.4, 0.5) is 0 Å². The first-order valence-electron chi connectivity index (χ1n) is 8.75. The van der Waals surface area contributed by atoms with E-state index in [-0.39, 0.29) is 41.2 Å². The van der Waals surface area contributed by atoms with Crippen molar-refractivity contribution in [2.24, 2.45) is 5.84 Å². The van der Waals surface area contributed by atoms with Crippen molar-refractivity contribution >= 4 is 23.0 Å². The number of ether oxygens (including phenoxy) is 1. The summed E-state index contributed by atoms with van der Waals surface area (Å²) in [7, 11) is 1.00. The first kappa shape index (κ1) is 29.2. The third kappa shape index (κ3) is 8.72. The third-order valence-corrected chi connectivity index (χ3v) is 3.54. The van der Waals surface area contributed by atoms with Gasteiger partial charge in [-0.2, -0.15) is 0 Å². The van der Waals surface area contributed by atoms with Crippen molar-refractivity contribution < 1.29 is 59.3 Å². The third-order valence-electron chi connectivity index (χ3n) is 3.54. The van der Waals surface area contributed by atoms with E-state index < -0.39 is 5.97 Å². The molecule has 0 saturated carbocycles. The van der Waals surface area contributed by atoms with Crippen molar-refractivity contribution in [1.82, 2.24) is 18.8 Å². The van der Waals surface area contributed by atoms with Gasteiger partial charge >= 0.3 is 41.5 Å². The SMILES string of the molecule is CCOC(=O)c1cc2cccn2cn1.CO.N[N-]O.O=C(O)c1cc2cccn2cn1.[Na+]. The Labute approximate surface area is 205 Å². The van der Waals surface area contributed by atoms with Crippen LogP contribution in [-0.4, -0.2) is 59.8 Å². The van der Waals surface area contributed by atoms with Gasteiger partial charge in [0.2, 0.25) is 0 Å². The van der Waals surface area contributed by atoms with Crippen molar-refractivity contribution in [2.75, 3.05) is 13.7 Å². The Kier molecular flexibility index (Phi) is 14.5. The maximum atomic E-state index is 11.3. The predicted molar refractivity (Wildman–Crippen MR) is 111 cm³/mol. The first-order valence-corrected chi connectivity index (χ1v) is 8.75. The molecule has 0 aromatic carbocycles. The zero-order valence-electron chi connectivity index (χ0n) is 17.9. The number of carbonyl (C=O) groups excluding carboxylic acids is 1. The molecule has 32 heavy (non-hydrogen) atoms. The zero-order chi connectivity index (χ0) is 23.2. The predicted octanol–water partition coefficient (Wildman–Crippen LogP) is -1.22. The fourth-order valence-electron chi connectivity index (χ4n) is 2.31. The number of rotatable bonds is 3. The number of carboxylic acid groups (broad SMARTS) is 1. The van der Waals surface area contributed by atoms with E-state index in [0.29, 0.717) is 12.3 Å².